The minimum absolute atomic E-state index is 0.00836. The summed E-state index contributed by atoms with van der Waals surface area (Å²) in [7, 11) is 0. The number of carbonyl (C=O) groups excluding carboxylic acids is 1. The fraction of sp³-hybridized carbons (Fsp3) is 0.552. The van der Waals surface area contributed by atoms with E-state index in [-0.39, 0.29) is 48.3 Å². The van der Waals surface area contributed by atoms with Crippen molar-refractivity contribution in [2.24, 2.45) is 29.1 Å². The van der Waals surface area contributed by atoms with E-state index in [0.717, 1.165) is 24.0 Å². The van der Waals surface area contributed by atoms with Crippen molar-refractivity contribution in [2.45, 2.75) is 56.5 Å². The minimum Gasteiger partial charge on any atom is -0.393 e. The van der Waals surface area contributed by atoms with Gasteiger partial charge < -0.3 is 15.3 Å². The smallest absolute Gasteiger partial charge is 0.178 e. The Kier molecular flexibility index (Phi) is 5.49. The number of fused-ring (bicyclic) bond motifs is 7. The van der Waals surface area contributed by atoms with E-state index < -0.39 is 22.7 Å². The zero-order valence-corrected chi connectivity index (χ0v) is 20.6. The van der Waals surface area contributed by atoms with Crippen molar-refractivity contribution in [3.05, 3.63) is 71.6 Å². The third kappa shape index (κ3) is 3.16. The van der Waals surface area contributed by atoms with Crippen LogP contribution in [0, 0.1) is 34.9 Å². The third-order valence-corrected chi connectivity index (χ3v) is 10.0. The molecule has 5 aliphatic rings. The van der Waals surface area contributed by atoms with Gasteiger partial charge in [-0.1, -0.05) is 37.3 Å². The highest BCUT2D eigenvalue weighted by Gasteiger charge is 2.75. The number of nitrogens with zero attached hydrogens (tertiary/aromatic N) is 1. The van der Waals surface area contributed by atoms with Gasteiger partial charge in [-0.05, 0) is 66.5 Å². The standard InChI is InChI=1S/C29H34FNO5/c1-17(16-32)29-20(15-31(36-29)14-18-3-6-21(30)7-4-18)12-24-23-8-5-19-11-22(33)9-10-27(19,2)26(23)25(34)13-28(24,29)35/h3-4,6-7,9-11,20,23-26,32,34-35H,1,5,8,12-16H2,2H3/t20-,23-,24-,25-,26+,27-,28+,29+/m0/s1. The molecule has 0 bridgehead atoms. The van der Waals surface area contributed by atoms with Crippen molar-refractivity contribution in [3.63, 3.8) is 0 Å². The zero-order chi connectivity index (χ0) is 25.5. The molecule has 3 saturated carbocycles. The lowest BCUT2D eigenvalue weighted by atomic mass is 9.48. The highest BCUT2D eigenvalue weighted by molar-refractivity contribution is 6.01. The molecule has 6 nitrogen and oxygen atoms in total. The fourth-order valence-electron chi connectivity index (χ4n) is 8.57. The molecule has 1 heterocycles. The predicted molar refractivity (Wildman–Crippen MR) is 131 cm³/mol. The maximum absolute atomic E-state index is 13.4. The van der Waals surface area contributed by atoms with E-state index in [1.54, 1.807) is 29.3 Å². The number of carbonyl (C=O) groups is 1. The second-order valence-corrected chi connectivity index (χ2v) is 11.7. The highest BCUT2D eigenvalue weighted by atomic mass is 19.1. The first-order chi connectivity index (χ1) is 17.1. The molecule has 4 fully saturated rings. The van der Waals surface area contributed by atoms with Crippen LogP contribution in [0.25, 0.3) is 0 Å². The number of aliphatic hydroxyl groups excluding tert-OH is 2. The highest BCUT2D eigenvalue weighted by Crippen LogP contribution is 2.68. The summed E-state index contributed by atoms with van der Waals surface area (Å²) in [6.07, 6.45) is 6.82. The van der Waals surface area contributed by atoms with Crippen LogP contribution in [0.1, 0.15) is 38.2 Å². The lowest BCUT2D eigenvalue weighted by Gasteiger charge is -2.59. The van der Waals surface area contributed by atoms with Crippen molar-refractivity contribution in [1.29, 1.82) is 0 Å². The van der Waals surface area contributed by atoms with Gasteiger partial charge >= 0.3 is 0 Å². The van der Waals surface area contributed by atoms with E-state index in [0.29, 0.717) is 25.1 Å². The quantitative estimate of drug-likeness (QED) is 0.557. The zero-order valence-electron chi connectivity index (χ0n) is 20.6. The summed E-state index contributed by atoms with van der Waals surface area (Å²) < 4.78 is 13.4. The molecule has 0 aromatic heterocycles. The molecule has 1 aromatic carbocycles. The Hall–Kier alpha value is -2.16. The predicted octanol–water partition coefficient (Wildman–Crippen LogP) is 3.09. The van der Waals surface area contributed by atoms with Gasteiger partial charge in [0.1, 0.15) is 17.0 Å². The van der Waals surface area contributed by atoms with Crippen LogP contribution in [0.2, 0.25) is 0 Å². The molecule has 1 saturated heterocycles. The van der Waals surface area contributed by atoms with Crippen molar-refractivity contribution in [3.8, 4) is 0 Å². The molecule has 0 radical (unpaired) electrons. The number of allylic oxidation sites excluding steroid dienone is 4. The summed E-state index contributed by atoms with van der Waals surface area (Å²) in [5.41, 5.74) is -0.640. The summed E-state index contributed by atoms with van der Waals surface area (Å²) in [5, 5.41) is 36.1. The number of halogens is 1. The average Bonchev–Trinajstić information content (AvgIpc) is 3.32. The molecule has 7 heteroatoms. The first-order valence-corrected chi connectivity index (χ1v) is 12.9. The van der Waals surface area contributed by atoms with Gasteiger partial charge in [-0.15, -0.1) is 0 Å². The van der Waals surface area contributed by atoms with Crippen molar-refractivity contribution in [1.82, 2.24) is 5.06 Å². The monoisotopic (exact) mass is 495 g/mol. The lowest BCUT2D eigenvalue weighted by Crippen LogP contribution is -2.66. The molecule has 192 valence electrons. The first-order valence-electron chi connectivity index (χ1n) is 12.9. The van der Waals surface area contributed by atoms with Crippen LogP contribution >= 0.6 is 0 Å². The third-order valence-electron chi connectivity index (χ3n) is 10.0. The second kappa shape index (κ2) is 8.17. The number of rotatable bonds is 4. The first kappa shape index (κ1) is 24.2. The molecule has 6 rings (SSSR count). The van der Waals surface area contributed by atoms with Gasteiger partial charge in [0.15, 0.2) is 5.78 Å². The van der Waals surface area contributed by atoms with Crippen molar-refractivity contribution < 1.29 is 29.3 Å². The molecule has 1 aromatic rings. The molecule has 0 amide bonds. The van der Waals surface area contributed by atoms with Gasteiger partial charge in [-0.25, -0.2) is 4.39 Å². The topological polar surface area (TPSA) is 90.2 Å². The number of benzene rings is 1. The number of aliphatic hydroxyl groups is 3. The molecule has 36 heavy (non-hydrogen) atoms. The SMILES string of the molecule is C=C(CO)[C@@]12ON(Cc3ccc(F)cc3)C[C@@H]1C[C@H]1[C@@H]3CCC4=CC(=O)C=C[C@]4(C)[C@H]3[C@@H](O)C[C@@]12O. The summed E-state index contributed by atoms with van der Waals surface area (Å²) >= 11 is 0. The largest absolute Gasteiger partial charge is 0.393 e. The summed E-state index contributed by atoms with van der Waals surface area (Å²) in [6.45, 7) is 6.88. The average molecular weight is 496 g/mol. The molecule has 1 aliphatic heterocycles. The number of hydrogen-bond donors (Lipinski definition) is 3. The Morgan fingerprint density at radius 1 is 1.31 bits per heavy atom. The van der Waals surface area contributed by atoms with E-state index >= 15 is 0 Å². The van der Waals surface area contributed by atoms with Crippen molar-refractivity contribution in [2.75, 3.05) is 13.2 Å². The van der Waals surface area contributed by atoms with E-state index in [9.17, 15) is 24.5 Å². The molecule has 0 unspecified atom stereocenters. The van der Waals surface area contributed by atoms with Gasteiger partial charge in [0.25, 0.3) is 0 Å². The molecular formula is C29H34FNO5. The molecule has 3 N–H and O–H groups in total. The van der Waals surface area contributed by atoms with Crippen molar-refractivity contribution >= 4 is 5.78 Å². The minimum atomic E-state index is -1.39. The van der Waals surface area contributed by atoms with E-state index in [1.165, 1.54) is 12.1 Å². The summed E-state index contributed by atoms with van der Waals surface area (Å²) in [4.78, 5) is 18.6. The van der Waals surface area contributed by atoms with Crippen LogP contribution in [0.15, 0.2) is 60.2 Å². The summed E-state index contributed by atoms with van der Waals surface area (Å²) in [6, 6.07) is 6.25. The van der Waals surface area contributed by atoms with E-state index in [2.05, 4.69) is 13.5 Å². The van der Waals surface area contributed by atoms with Crippen LogP contribution in [0.4, 0.5) is 4.39 Å². The Bertz CT molecular complexity index is 1160. The maximum atomic E-state index is 13.4. The molecule has 0 spiro atoms. The van der Waals surface area contributed by atoms with Crippen LogP contribution in [0.3, 0.4) is 0 Å². The Labute approximate surface area is 210 Å². The number of hydrogen-bond acceptors (Lipinski definition) is 6. The summed E-state index contributed by atoms with van der Waals surface area (Å²) in [5.74, 6) is -0.612. The maximum Gasteiger partial charge on any atom is 0.178 e. The number of ketones is 1. The molecular weight excluding hydrogens is 461 g/mol. The van der Waals surface area contributed by atoms with Crippen LogP contribution in [-0.4, -0.2) is 56.6 Å². The second-order valence-electron chi connectivity index (χ2n) is 11.7. The van der Waals surface area contributed by atoms with Crippen LogP contribution in [0.5, 0.6) is 0 Å². The van der Waals surface area contributed by atoms with Gasteiger partial charge in [0.2, 0.25) is 0 Å². The molecule has 4 aliphatic carbocycles. The van der Waals surface area contributed by atoms with E-state index in [1.807, 2.05) is 6.08 Å². The van der Waals surface area contributed by atoms with E-state index in [4.69, 9.17) is 4.84 Å². The lowest BCUT2D eigenvalue weighted by molar-refractivity contribution is -0.278. The Morgan fingerprint density at radius 3 is 2.78 bits per heavy atom. The van der Waals surface area contributed by atoms with Gasteiger partial charge in [0.05, 0.1) is 12.7 Å². The fourth-order valence-corrected chi connectivity index (χ4v) is 8.57. The van der Waals surface area contributed by atoms with Gasteiger partial charge in [0, 0.05) is 36.8 Å². The number of hydroxylamine groups is 2. The van der Waals surface area contributed by atoms with Crippen LogP contribution < -0.4 is 0 Å². The Morgan fingerprint density at radius 2 is 2.06 bits per heavy atom. The molecule has 8 atom stereocenters. The van der Waals surface area contributed by atoms with Gasteiger partial charge in [-0.2, -0.15) is 5.06 Å². The Balaban J connectivity index is 1.34. The van der Waals surface area contributed by atoms with Gasteiger partial charge in [-0.3, -0.25) is 9.63 Å². The normalized spacial score (nSPS) is 43.4. The van der Waals surface area contributed by atoms with Crippen LogP contribution in [-0.2, 0) is 16.2 Å².